The van der Waals surface area contributed by atoms with Crippen LogP contribution in [0.2, 0.25) is 0 Å². The van der Waals surface area contributed by atoms with Gasteiger partial charge in [-0.25, -0.2) is 0 Å². The lowest BCUT2D eigenvalue weighted by Gasteiger charge is -2.14. The molecular formula is C12H14BrClO. The second-order valence-corrected chi connectivity index (χ2v) is 6.36. The Morgan fingerprint density at radius 2 is 1.80 bits per heavy atom. The first-order valence-electron chi connectivity index (χ1n) is 4.80. The summed E-state index contributed by atoms with van der Waals surface area (Å²) in [5.41, 5.74) is 1.81. The first-order valence-corrected chi connectivity index (χ1v) is 6.09. The van der Waals surface area contributed by atoms with E-state index in [0.29, 0.717) is 10.4 Å². The minimum absolute atomic E-state index is 0.0436. The van der Waals surface area contributed by atoms with Gasteiger partial charge < -0.3 is 0 Å². The van der Waals surface area contributed by atoms with E-state index < -0.39 is 4.87 Å². The van der Waals surface area contributed by atoms with Crippen molar-refractivity contribution >= 4 is 33.3 Å². The molecule has 1 unspecified atom stereocenters. The Hall–Kier alpha value is -0.340. The van der Waals surface area contributed by atoms with Gasteiger partial charge >= 0.3 is 0 Å². The standard InChI is InChI=1S/C12H14BrClO/c1-8(13)9-4-6-10(7-5-9)11(15)12(2,3)14/h4-8H,1-3H3. The quantitative estimate of drug-likeness (QED) is 0.597. The van der Waals surface area contributed by atoms with E-state index in [1.165, 1.54) is 0 Å². The molecule has 0 fully saturated rings. The molecule has 0 heterocycles. The lowest BCUT2D eigenvalue weighted by atomic mass is 9.99. The Morgan fingerprint density at radius 3 is 2.13 bits per heavy atom. The number of hydrogen-bond acceptors (Lipinski definition) is 1. The normalized spacial score (nSPS) is 13.7. The monoisotopic (exact) mass is 288 g/mol. The van der Waals surface area contributed by atoms with Crippen molar-refractivity contribution in [3.05, 3.63) is 35.4 Å². The van der Waals surface area contributed by atoms with Crippen molar-refractivity contribution in [3.63, 3.8) is 0 Å². The lowest BCUT2D eigenvalue weighted by Crippen LogP contribution is -2.24. The van der Waals surface area contributed by atoms with Crippen molar-refractivity contribution in [1.29, 1.82) is 0 Å². The number of hydrogen-bond donors (Lipinski definition) is 0. The van der Waals surface area contributed by atoms with Crippen LogP contribution in [0, 0.1) is 0 Å². The number of halogens is 2. The fraction of sp³-hybridized carbons (Fsp3) is 0.417. The molecule has 1 aromatic rings. The highest BCUT2D eigenvalue weighted by Gasteiger charge is 2.25. The highest BCUT2D eigenvalue weighted by Crippen LogP contribution is 2.24. The minimum Gasteiger partial charge on any atom is -0.292 e. The Kier molecular flexibility index (Phi) is 3.96. The van der Waals surface area contributed by atoms with Crippen LogP contribution in [-0.4, -0.2) is 10.7 Å². The van der Waals surface area contributed by atoms with E-state index >= 15 is 0 Å². The predicted octanol–water partition coefficient (Wildman–Crippen LogP) is 4.34. The van der Waals surface area contributed by atoms with E-state index in [1.54, 1.807) is 13.8 Å². The molecule has 0 amide bonds. The Balaban J connectivity index is 2.95. The third-order valence-electron chi connectivity index (χ3n) is 2.17. The van der Waals surface area contributed by atoms with Crippen molar-refractivity contribution < 1.29 is 4.79 Å². The second-order valence-electron chi connectivity index (χ2n) is 4.04. The molecule has 0 spiro atoms. The zero-order valence-corrected chi connectivity index (χ0v) is 11.4. The maximum absolute atomic E-state index is 11.8. The van der Waals surface area contributed by atoms with Crippen molar-refractivity contribution in [2.24, 2.45) is 0 Å². The van der Waals surface area contributed by atoms with Crippen LogP contribution in [-0.2, 0) is 0 Å². The van der Waals surface area contributed by atoms with E-state index in [0.717, 1.165) is 5.56 Å². The molecule has 0 aliphatic carbocycles. The summed E-state index contributed by atoms with van der Waals surface area (Å²) in [6.45, 7) is 5.46. The van der Waals surface area contributed by atoms with E-state index in [-0.39, 0.29) is 5.78 Å². The Morgan fingerprint density at radius 1 is 1.33 bits per heavy atom. The number of ketones is 1. The van der Waals surface area contributed by atoms with Gasteiger partial charge in [-0.15, -0.1) is 11.6 Å². The summed E-state index contributed by atoms with van der Waals surface area (Å²) in [6, 6.07) is 7.52. The van der Waals surface area contributed by atoms with Gasteiger partial charge in [-0.3, -0.25) is 4.79 Å². The topological polar surface area (TPSA) is 17.1 Å². The van der Waals surface area contributed by atoms with Gasteiger partial charge in [0.25, 0.3) is 0 Å². The van der Waals surface area contributed by atoms with E-state index in [2.05, 4.69) is 15.9 Å². The SMILES string of the molecule is CC(Br)c1ccc(C(=O)C(C)(C)Cl)cc1. The van der Waals surface area contributed by atoms with Gasteiger partial charge in [0.15, 0.2) is 5.78 Å². The zero-order chi connectivity index (χ0) is 11.6. The summed E-state index contributed by atoms with van der Waals surface area (Å²) in [5, 5.41) is 0. The van der Waals surface area contributed by atoms with E-state index in [1.807, 2.05) is 31.2 Å². The van der Waals surface area contributed by atoms with Crippen LogP contribution in [0.4, 0.5) is 0 Å². The molecule has 1 aromatic carbocycles. The van der Waals surface area contributed by atoms with Gasteiger partial charge in [-0.2, -0.15) is 0 Å². The average Bonchev–Trinajstić information content (AvgIpc) is 2.15. The van der Waals surface area contributed by atoms with Gasteiger partial charge in [0.1, 0.15) is 4.87 Å². The molecule has 0 bridgehead atoms. The van der Waals surface area contributed by atoms with Gasteiger partial charge in [0.05, 0.1) is 0 Å². The first kappa shape index (κ1) is 12.7. The fourth-order valence-electron chi connectivity index (χ4n) is 1.24. The summed E-state index contributed by atoms with van der Waals surface area (Å²) in [4.78, 5) is 11.3. The van der Waals surface area contributed by atoms with Crippen LogP contribution >= 0.6 is 27.5 Å². The van der Waals surface area contributed by atoms with Gasteiger partial charge in [-0.1, -0.05) is 40.2 Å². The fourth-order valence-corrected chi connectivity index (χ4v) is 1.66. The molecule has 0 radical (unpaired) electrons. The number of rotatable bonds is 3. The molecule has 0 saturated carbocycles. The van der Waals surface area contributed by atoms with Crippen molar-refractivity contribution in [2.75, 3.05) is 0 Å². The molecule has 0 N–H and O–H groups in total. The Bertz CT molecular complexity index is 349. The second kappa shape index (κ2) is 4.67. The van der Waals surface area contributed by atoms with Crippen LogP contribution < -0.4 is 0 Å². The van der Waals surface area contributed by atoms with Crippen molar-refractivity contribution in [2.45, 2.75) is 30.5 Å². The molecule has 82 valence electrons. The number of Topliss-reactive ketones (excluding diaryl/α,β-unsaturated/α-hetero) is 1. The van der Waals surface area contributed by atoms with E-state index in [9.17, 15) is 4.79 Å². The molecule has 15 heavy (non-hydrogen) atoms. The molecule has 1 nitrogen and oxygen atoms in total. The molecular weight excluding hydrogens is 275 g/mol. The zero-order valence-electron chi connectivity index (χ0n) is 9.05. The summed E-state index contributed by atoms with van der Waals surface area (Å²) in [7, 11) is 0. The van der Waals surface area contributed by atoms with Gasteiger partial charge in [0, 0.05) is 10.4 Å². The van der Waals surface area contributed by atoms with Crippen LogP contribution in [0.1, 0.15) is 41.5 Å². The van der Waals surface area contributed by atoms with Gasteiger partial charge in [-0.05, 0) is 26.3 Å². The molecule has 0 aliphatic heterocycles. The van der Waals surface area contributed by atoms with Crippen LogP contribution in [0.5, 0.6) is 0 Å². The molecule has 0 aliphatic rings. The number of carbonyl (C=O) groups is 1. The van der Waals surface area contributed by atoms with Crippen molar-refractivity contribution in [3.8, 4) is 0 Å². The van der Waals surface area contributed by atoms with Gasteiger partial charge in [0.2, 0.25) is 0 Å². The van der Waals surface area contributed by atoms with Crippen LogP contribution in [0.25, 0.3) is 0 Å². The maximum Gasteiger partial charge on any atom is 0.183 e. The van der Waals surface area contributed by atoms with Crippen molar-refractivity contribution in [1.82, 2.24) is 0 Å². The maximum atomic E-state index is 11.8. The summed E-state index contributed by atoms with van der Waals surface area (Å²) in [5.74, 6) is -0.0436. The summed E-state index contributed by atoms with van der Waals surface area (Å²) >= 11 is 9.43. The molecule has 0 saturated heterocycles. The summed E-state index contributed by atoms with van der Waals surface area (Å²) < 4.78 is 0. The third kappa shape index (κ3) is 3.32. The Labute approximate surface area is 104 Å². The summed E-state index contributed by atoms with van der Waals surface area (Å²) in [6.07, 6.45) is 0. The molecule has 0 aromatic heterocycles. The van der Waals surface area contributed by atoms with Crippen LogP contribution in [0.15, 0.2) is 24.3 Å². The average molecular weight is 290 g/mol. The molecule has 1 atom stereocenters. The lowest BCUT2D eigenvalue weighted by molar-refractivity contribution is 0.0954. The number of benzene rings is 1. The smallest absolute Gasteiger partial charge is 0.183 e. The van der Waals surface area contributed by atoms with Crippen LogP contribution in [0.3, 0.4) is 0 Å². The van der Waals surface area contributed by atoms with E-state index in [4.69, 9.17) is 11.6 Å². The third-order valence-corrected chi connectivity index (χ3v) is 2.87. The predicted molar refractivity (Wildman–Crippen MR) is 68.0 cm³/mol. The highest BCUT2D eigenvalue weighted by molar-refractivity contribution is 9.09. The highest BCUT2D eigenvalue weighted by atomic mass is 79.9. The number of carbonyl (C=O) groups excluding carboxylic acids is 1. The minimum atomic E-state index is -0.832. The molecule has 1 rings (SSSR count). The number of alkyl halides is 2. The largest absolute Gasteiger partial charge is 0.292 e. The molecule has 3 heteroatoms. The first-order chi connectivity index (χ1) is 6.82.